The highest BCUT2D eigenvalue weighted by molar-refractivity contribution is 7.88. The predicted octanol–water partition coefficient (Wildman–Crippen LogP) is 0.0510. The summed E-state index contributed by atoms with van der Waals surface area (Å²) in [5.41, 5.74) is 1.84. The molecule has 6 nitrogen and oxygen atoms in total. The number of hydrogen-bond acceptors (Lipinski definition) is 4. The third kappa shape index (κ3) is 2.26. The summed E-state index contributed by atoms with van der Waals surface area (Å²) in [5, 5.41) is 6.76. The molecule has 16 heavy (non-hydrogen) atoms. The monoisotopic (exact) mass is 245 g/mol. The summed E-state index contributed by atoms with van der Waals surface area (Å²) in [7, 11) is -3.14. The SMILES string of the molecule is Cc1cn[nH]c1C1CN(S(C)(=O)=O)CCO1. The highest BCUT2D eigenvalue weighted by Gasteiger charge is 2.29. The van der Waals surface area contributed by atoms with Crippen LogP contribution in [0.4, 0.5) is 0 Å². The van der Waals surface area contributed by atoms with Crippen molar-refractivity contribution in [1.82, 2.24) is 14.5 Å². The molecule has 0 bridgehead atoms. The standard InChI is InChI=1S/C9H15N3O3S/c1-7-5-10-11-9(7)8-6-12(3-4-15-8)16(2,13)14/h5,8H,3-4,6H2,1-2H3,(H,10,11). The number of aromatic amines is 1. The molecule has 0 amide bonds. The van der Waals surface area contributed by atoms with Gasteiger partial charge in [0.1, 0.15) is 6.10 Å². The van der Waals surface area contributed by atoms with Crippen molar-refractivity contribution >= 4 is 10.0 Å². The highest BCUT2D eigenvalue weighted by Crippen LogP contribution is 2.23. The third-order valence-electron chi connectivity index (χ3n) is 2.69. The zero-order valence-corrected chi connectivity index (χ0v) is 10.1. The Kier molecular flexibility index (Phi) is 3.00. The molecule has 1 saturated heterocycles. The Balaban J connectivity index is 2.17. The van der Waals surface area contributed by atoms with Gasteiger partial charge in [-0.2, -0.15) is 9.40 Å². The van der Waals surface area contributed by atoms with Gasteiger partial charge in [0.2, 0.25) is 10.0 Å². The van der Waals surface area contributed by atoms with E-state index < -0.39 is 10.0 Å². The van der Waals surface area contributed by atoms with E-state index in [0.29, 0.717) is 19.7 Å². The van der Waals surface area contributed by atoms with Crippen LogP contribution in [0.15, 0.2) is 6.20 Å². The number of aryl methyl sites for hydroxylation is 1. The quantitative estimate of drug-likeness (QED) is 0.799. The number of nitrogens with one attached hydrogen (secondary N) is 1. The van der Waals surface area contributed by atoms with Gasteiger partial charge in [-0.25, -0.2) is 8.42 Å². The molecule has 7 heteroatoms. The van der Waals surface area contributed by atoms with Gasteiger partial charge < -0.3 is 4.74 Å². The van der Waals surface area contributed by atoms with E-state index in [1.165, 1.54) is 10.6 Å². The van der Waals surface area contributed by atoms with E-state index in [2.05, 4.69) is 10.2 Å². The second-order valence-electron chi connectivity index (χ2n) is 3.95. The molecule has 0 radical (unpaired) electrons. The van der Waals surface area contributed by atoms with E-state index in [0.717, 1.165) is 11.3 Å². The maximum Gasteiger partial charge on any atom is 0.211 e. The van der Waals surface area contributed by atoms with Gasteiger partial charge in [-0.15, -0.1) is 0 Å². The molecule has 1 fully saturated rings. The summed E-state index contributed by atoms with van der Waals surface area (Å²) >= 11 is 0. The molecular formula is C9H15N3O3S. The average molecular weight is 245 g/mol. The highest BCUT2D eigenvalue weighted by atomic mass is 32.2. The first-order valence-corrected chi connectivity index (χ1v) is 6.90. The minimum absolute atomic E-state index is 0.244. The van der Waals surface area contributed by atoms with Crippen molar-refractivity contribution in [2.75, 3.05) is 26.0 Å². The fraction of sp³-hybridized carbons (Fsp3) is 0.667. The lowest BCUT2D eigenvalue weighted by Gasteiger charge is -2.30. The first-order chi connectivity index (χ1) is 7.48. The van der Waals surface area contributed by atoms with Crippen LogP contribution in [0.25, 0.3) is 0 Å². The minimum Gasteiger partial charge on any atom is -0.369 e. The van der Waals surface area contributed by atoms with Crippen molar-refractivity contribution in [3.63, 3.8) is 0 Å². The molecule has 1 aliphatic rings. The summed E-state index contributed by atoms with van der Waals surface area (Å²) in [6.45, 7) is 3.10. The van der Waals surface area contributed by atoms with Crippen LogP contribution < -0.4 is 0 Å². The van der Waals surface area contributed by atoms with E-state index >= 15 is 0 Å². The smallest absolute Gasteiger partial charge is 0.211 e. The molecule has 1 aliphatic heterocycles. The lowest BCUT2D eigenvalue weighted by Crippen LogP contribution is -2.41. The Labute approximate surface area is 94.6 Å². The molecule has 1 unspecified atom stereocenters. The largest absolute Gasteiger partial charge is 0.369 e. The van der Waals surface area contributed by atoms with Crippen molar-refractivity contribution in [1.29, 1.82) is 0 Å². The van der Waals surface area contributed by atoms with Crippen molar-refractivity contribution in [3.8, 4) is 0 Å². The number of nitrogens with zero attached hydrogens (tertiary/aromatic N) is 2. The molecule has 0 aromatic carbocycles. The average Bonchev–Trinajstić information content (AvgIpc) is 2.63. The van der Waals surface area contributed by atoms with Crippen molar-refractivity contribution < 1.29 is 13.2 Å². The minimum atomic E-state index is -3.14. The van der Waals surface area contributed by atoms with Crippen LogP contribution >= 0.6 is 0 Å². The predicted molar refractivity (Wildman–Crippen MR) is 58.4 cm³/mol. The molecule has 0 saturated carbocycles. The number of sulfonamides is 1. The van der Waals surface area contributed by atoms with Gasteiger partial charge in [0.05, 0.1) is 24.8 Å². The fourth-order valence-electron chi connectivity index (χ4n) is 1.78. The van der Waals surface area contributed by atoms with Gasteiger partial charge in [0.25, 0.3) is 0 Å². The van der Waals surface area contributed by atoms with E-state index in [9.17, 15) is 8.42 Å². The topological polar surface area (TPSA) is 75.3 Å². The summed E-state index contributed by atoms with van der Waals surface area (Å²) in [6.07, 6.45) is 2.68. The molecule has 1 atom stereocenters. The number of aromatic nitrogens is 2. The van der Waals surface area contributed by atoms with Gasteiger partial charge in [0, 0.05) is 13.1 Å². The maximum absolute atomic E-state index is 11.4. The van der Waals surface area contributed by atoms with Crippen LogP contribution in [0.2, 0.25) is 0 Å². The van der Waals surface area contributed by atoms with Gasteiger partial charge in [0.15, 0.2) is 0 Å². The normalized spacial score (nSPS) is 23.5. The number of H-pyrrole nitrogens is 1. The zero-order chi connectivity index (χ0) is 11.8. The molecule has 2 heterocycles. The molecular weight excluding hydrogens is 230 g/mol. The lowest BCUT2D eigenvalue weighted by atomic mass is 10.1. The Morgan fingerprint density at radius 3 is 2.94 bits per heavy atom. The molecule has 90 valence electrons. The number of morpholine rings is 1. The van der Waals surface area contributed by atoms with Crippen LogP contribution in [0, 0.1) is 6.92 Å². The third-order valence-corrected chi connectivity index (χ3v) is 3.96. The lowest BCUT2D eigenvalue weighted by molar-refractivity contribution is -0.00508. The zero-order valence-electron chi connectivity index (χ0n) is 9.30. The summed E-state index contributed by atoms with van der Waals surface area (Å²) in [6, 6.07) is 0. The number of rotatable bonds is 2. The molecule has 0 spiro atoms. The van der Waals surface area contributed by atoms with E-state index in [1.807, 2.05) is 6.92 Å². The van der Waals surface area contributed by atoms with E-state index in [-0.39, 0.29) is 6.10 Å². The van der Waals surface area contributed by atoms with Crippen LogP contribution in [0.3, 0.4) is 0 Å². The maximum atomic E-state index is 11.4. The second-order valence-corrected chi connectivity index (χ2v) is 5.93. The number of ether oxygens (including phenoxy) is 1. The summed E-state index contributed by atoms with van der Waals surface area (Å²) in [5.74, 6) is 0. The van der Waals surface area contributed by atoms with Gasteiger partial charge in [-0.1, -0.05) is 0 Å². The van der Waals surface area contributed by atoms with Gasteiger partial charge >= 0.3 is 0 Å². The molecule has 2 rings (SSSR count). The molecule has 1 N–H and O–H groups in total. The van der Waals surface area contributed by atoms with Crippen LogP contribution in [-0.4, -0.2) is 48.9 Å². The van der Waals surface area contributed by atoms with Crippen LogP contribution in [0.1, 0.15) is 17.4 Å². The van der Waals surface area contributed by atoms with E-state index in [4.69, 9.17) is 4.74 Å². The Hall–Kier alpha value is -0.920. The van der Waals surface area contributed by atoms with E-state index in [1.54, 1.807) is 6.20 Å². The first-order valence-electron chi connectivity index (χ1n) is 5.05. The second kappa shape index (κ2) is 4.15. The Bertz CT molecular complexity index is 468. The van der Waals surface area contributed by atoms with Crippen molar-refractivity contribution in [3.05, 3.63) is 17.5 Å². The Morgan fingerprint density at radius 1 is 1.62 bits per heavy atom. The number of hydrogen-bond donors (Lipinski definition) is 1. The summed E-state index contributed by atoms with van der Waals surface area (Å²) < 4.78 is 29.8. The summed E-state index contributed by atoms with van der Waals surface area (Å²) in [4.78, 5) is 0. The molecule has 1 aromatic heterocycles. The first kappa shape index (κ1) is 11.6. The van der Waals surface area contributed by atoms with Crippen molar-refractivity contribution in [2.45, 2.75) is 13.0 Å². The van der Waals surface area contributed by atoms with Crippen LogP contribution in [0.5, 0.6) is 0 Å². The van der Waals surface area contributed by atoms with Crippen molar-refractivity contribution in [2.24, 2.45) is 0 Å². The van der Waals surface area contributed by atoms with Crippen LogP contribution in [-0.2, 0) is 14.8 Å². The Morgan fingerprint density at radius 2 is 2.38 bits per heavy atom. The fourth-order valence-corrected chi connectivity index (χ4v) is 2.60. The molecule has 0 aliphatic carbocycles. The molecule has 1 aromatic rings. The van der Waals surface area contributed by atoms with Gasteiger partial charge in [-0.05, 0) is 12.5 Å². The van der Waals surface area contributed by atoms with Gasteiger partial charge in [-0.3, -0.25) is 5.10 Å².